The molecule has 7 atom stereocenters. The first-order valence-electron chi connectivity index (χ1n) is 9.37. The monoisotopic (exact) mass is 434 g/mol. The Hall–Kier alpha value is -0.860. The van der Waals surface area contributed by atoms with Gasteiger partial charge in [-0.1, -0.05) is 18.6 Å². The van der Waals surface area contributed by atoms with Crippen molar-refractivity contribution in [2.24, 2.45) is 10.8 Å². The van der Waals surface area contributed by atoms with Crippen molar-refractivity contribution in [1.29, 1.82) is 0 Å². The lowest BCUT2D eigenvalue weighted by Crippen LogP contribution is -2.66. The first-order chi connectivity index (χ1) is 13.3. The van der Waals surface area contributed by atoms with E-state index in [0.29, 0.717) is 13.0 Å². The molecule has 28 heavy (non-hydrogen) atoms. The Bertz CT molecular complexity index is 721. The van der Waals surface area contributed by atoms with E-state index in [0.717, 1.165) is 12.0 Å². The highest BCUT2D eigenvalue weighted by molar-refractivity contribution is 6.26. The minimum atomic E-state index is -1.06. The van der Waals surface area contributed by atoms with E-state index in [4.69, 9.17) is 42.1 Å². The van der Waals surface area contributed by atoms with Crippen LogP contribution in [0.25, 0.3) is 0 Å². The third-order valence-corrected chi connectivity index (χ3v) is 7.68. The summed E-state index contributed by atoms with van der Waals surface area (Å²) in [4.78, 5) is 23.7. The Morgan fingerprint density at radius 1 is 1.32 bits per heavy atom. The summed E-state index contributed by atoms with van der Waals surface area (Å²) in [5, 5.41) is 11.4. The number of hydrogen-bond acceptors (Lipinski definition) is 7. The van der Waals surface area contributed by atoms with Crippen molar-refractivity contribution in [3.05, 3.63) is 11.6 Å². The van der Waals surface area contributed by atoms with E-state index in [1.54, 1.807) is 0 Å². The number of epoxide rings is 1. The molecule has 2 saturated heterocycles. The number of esters is 2. The maximum atomic E-state index is 11.9. The van der Waals surface area contributed by atoms with Crippen LogP contribution in [-0.2, 0) is 28.5 Å². The molecule has 2 aliphatic heterocycles. The first-order valence-corrected chi connectivity index (χ1v) is 10.4. The number of alkyl halides is 2. The lowest BCUT2D eigenvalue weighted by molar-refractivity contribution is -0.231. The third-order valence-electron chi connectivity index (χ3n) is 7.25. The molecule has 1 saturated carbocycles. The second-order valence-electron chi connectivity index (χ2n) is 8.35. The number of aliphatic hydroxyl groups is 1. The van der Waals surface area contributed by atoms with E-state index in [-0.39, 0.29) is 18.4 Å². The molecule has 3 fully saturated rings. The molecule has 1 unspecified atom stereocenters. The number of hydrogen-bond donors (Lipinski definition) is 1. The lowest BCUT2D eigenvalue weighted by atomic mass is 9.51. The minimum absolute atomic E-state index is 0.0363. The molecule has 156 valence electrons. The van der Waals surface area contributed by atoms with Crippen LogP contribution in [0.4, 0.5) is 0 Å². The van der Waals surface area contributed by atoms with E-state index in [1.807, 2.05) is 19.9 Å². The largest absolute Gasteiger partial charge is 0.464 e. The minimum Gasteiger partial charge on any atom is -0.464 e. The van der Waals surface area contributed by atoms with Crippen LogP contribution in [0.15, 0.2) is 11.6 Å². The first kappa shape index (κ1) is 20.4. The molecular weight excluding hydrogens is 411 g/mol. The Morgan fingerprint density at radius 3 is 2.61 bits per heavy atom. The molecule has 0 amide bonds. The molecule has 0 aromatic rings. The van der Waals surface area contributed by atoms with Crippen molar-refractivity contribution in [3.63, 3.8) is 0 Å². The number of halogens is 2. The Morgan fingerprint density at radius 2 is 2.00 bits per heavy atom. The molecule has 2 aliphatic carbocycles. The van der Waals surface area contributed by atoms with Gasteiger partial charge in [0.05, 0.1) is 12.7 Å². The number of fused-ring (bicyclic) bond motifs is 2. The summed E-state index contributed by atoms with van der Waals surface area (Å²) in [6.45, 7) is 4.35. The molecule has 2 heterocycles. The van der Waals surface area contributed by atoms with Gasteiger partial charge >= 0.3 is 11.9 Å². The van der Waals surface area contributed by atoms with Crippen molar-refractivity contribution in [2.45, 2.75) is 56.7 Å². The second kappa shape index (κ2) is 6.84. The molecule has 0 radical (unpaired) electrons. The van der Waals surface area contributed by atoms with Gasteiger partial charge in [0.15, 0.2) is 6.10 Å². The maximum Gasteiger partial charge on any atom is 0.321 e. The zero-order valence-electron chi connectivity index (χ0n) is 15.8. The van der Waals surface area contributed by atoms with Gasteiger partial charge in [-0.3, -0.25) is 9.59 Å². The van der Waals surface area contributed by atoms with Crippen LogP contribution in [-0.4, -0.2) is 72.0 Å². The predicted octanol–water partition coefficient (Wildman–Crippen LogP) is 1.56. The van der Waals surface area contributed by atoms with Gasteiger partial charge in [0.2, 0.25) is 0 Å². The number of ether oxygens (including phenoxy) is 4. The number of carbonyl (C=O) groups excluding carboxylic acids is 2. The fraction of sp³-hybridized carbons (Fsp3) is 0.789. The van der Waals surface area contributed by atoms with E-state index >= 15 is 0 Å². The summed E-state index contributed by atoms with van der Waals surface area (Å²) < 4.78 is 23.2. The van der Waals surface area contributed by atoms with Crippen LogP contribution in [0.5, 0.6) is 0 Å². The lowest BCUT2D eigenvalue weighted by Gasteiger charge is -2.57. The summed E-state index contributed by atoms with van der Waals surface area (Å²) in [6, 6.07) is 0. The van der Waals surface area contributed by atoms with Crippen LogP contribution in [0.1, 0.15) is 26.7 Å². The number of allylic oxidation sites excluding steroid dienone is 1. The topological polar surface area (TPSA) is 94.6 Å². The highest BCUT2D eigenvalue weighted by Crippen LogP contribution is 2.71. The van der Waals surface area contributed by atoms with Gasteiger partial charge in [-0.2, -0.15) is 0 Å². The van der Waals surface area contributed by atoms with Gasteiger partial charge in [-0.15, -0.1) is 23.2 Å². The van der Waals surface area contributed by atoms with Crippen LogP contribution in [0.2, 0.25) is 0 Å². The van der Waals surface area contributed by atoms with Crippen LogP contribution >= 0.6 is 23.2 Å². The zero-order valence-corrected chi connectivity index (χ0v) is 17.3. The van der Waals surface area contributed by atoms with Gasteiger partial charge in [-0.25, -0.2) is 0 Å². The van der Waals surface area contributed by atoms with Gasteiger partial charge in [0.1, 0.15) is 36.2 Å². The fourth-order valence-electron chi connectivity index (χ4n) is 5.56. The molecule has 9 heteroatoms. The van der Waals surface area contributed by atoms with Crippen molar-refractivity contribution >= 4 is 35.1 Å². The normalized spacial score (nSPS) is 46.0. The molecule has 7 nitrogen and oxygen atoms in total. The van der Waals surface area contributed by atoms with Crippen LogP contribution in [0.3, 0.4) is 0 Å². The number of aliphatic hydroxyl groups excluding tert-OH is 1. The van der Waals surface area contributed by atoms with E-state index in [9.17, 15) is 14.7 Å². The summed E-state index contributed by atoms with van der Waals surface area (Å²) in [7, 11) is 0. The predicted molar refractivity (Wildman–Crippen MR) is 99.2 cm³/mol. The van der Waals surface area contributed by atoms with Gasteiger partial charge in [0.25, 0.3) is 0 Å². The summed E-state index contributed by atoms with van der Waals surface area (Å²) in [6.07, 6.45) is 0.422. The average Bonchev–Trinajstić information content (AvgIpc) is 3.47. The zero-order chi connectivity index (χ0) is 20.3. The van der Waals surface area contributed by atoms with Gasteiger partial charge < -0.3 is 24.1 Å². The number of rotatable bonds is 5. The molecule has 1 N–H and O–H groups in total. The highest BCUT2D eigenvalue weighted by Gasteiger charge is 2.85. The van der Waals surface area contributed by atoms with Crippen LogP contribution in [0, 0.1) is 10.8 Å². The SMILES string of the molecule is CC1=C[C@H]2O[C@@H]3[C@H](OC(=O)CCl)[C@@H](O)[C@](C)(C2(COC(=O)CCl)CC1)[C@@]31CO1. The van der Waals surface area contributed by atoms with Crippen molar-refractivity contribution in [3.8, 4) is 0 Å². The van der Waals surface area contributed by atoms with Crippen molar-refractivity contribution in [1.82, 2.24) is 0 Å². The number of carbonyl (C=O) groups is 2. The van der Waals surface area contributed by atoms with E-state index in [2.05, 4.69) is 0 Å². The Balaban J connectivity index is 1.78. The second-order valence-corrected chi connectivity index (χ2v) is 8.89. The smallest absolute Gasteiger partial charge is 0.321 e. The average molecular weight is 435 g/mol. The highest BCUT2D eigenvalue weighted by atomic mass is 35.5. The Labute approximate surface area is 173 Å². The van der Waals surface area contributed by atoms with Crippen molar-refractivity contribution < 1.29 is 33.6 Å². The summed E-state index contributed by atoms with van der Waals surface area (Å²) in [5.41, 5.74) is -1.23. The molecular formula is C19H24Cl2O7. The standard InChI is InChI=1S/C19H24Cl2O7/c1-10-3-4-18(8-25-12(22)6-20)11(5-10)27-16-14(28-13(23)7-21)15(24)17(18,2)19(16)9-26-19/h5,11,14-16,24H,3-4,6-9H2,1-2H3/t11-,14-,15-,16-,17-,18?,19-/m1/s1. The Kier molecular flexibility index (Phi) is 4.99. The molecule has 4 rings (SSSR count). The third kappa shape index (κ3) is 2.53. The van der Waals surface area contributed by atoms with Crippen LogP contribution < -0.4 is 0 Å². The summed E-state index contributed by atoms with van der Waals surface area (Å²) in [5.74, 6) is -1.73. The van der Waals surface area contributed by atoms with E-state index < -0.39 is 52.8 Å². The molecule has 2 bridgehead atoms. The quantitative estimate of drug-likeness (QED) is 0.303. The van der Waals surface area contributed by atoms with Crippen molar-refractivity contribution in [2.75, 3.05) is 25.0 Å². The summed E-state index contributed by atoms with van der Waals surface area (Å²) >= 11 is 11.2. The van der Waals surface area contributed by atoms with Gasteiger partial charge in [-0.05, 0) is 19.8 Å². The fourth-order valence-corrected chi connectivity index (χ4v) is 5.70. The maximum absolute atomic E-state index is 11.9. The molecule has 1 spiro atoms. The molecule has 0 aromatic carbocycles. The van der Waals surface area contributed by atoms with Gasteiger partial charge in [0, 0.05) is 10.8 Å². The molecule has 0 aromatic heterocycles. The molecule has 4 aliphatic rings. The van der Waals surface area contributed by atoms with E-state index in [1.165, 1.54) is 0 Å².